The second-order valence-corrected chi connectivity index (χ2v) is 5.67. The summed E-state index contributed by atoms with van der Waals surface area (Å²) in [6, 6.07) is 11.1. The third-order valence-electron chi connectivity index (χ3n) is 4.03. The third kappa shape index (κ3) is 3.09. The van der Waals surface area contributed by atoms with Crippen LogP contribution in [0.3, 0.4) is 0 Å². The van der Waals surface area contributed by atoms with Gasteiger partial charge in [0.2, 0.25) is 5.91 Å². The zero-order chi connectivity index (χ0) is 18.7. The molecule has 0 saturated heterocycles. The molecule has 2 aromatic rings. The molecule has 1 aliphatic carbocycles. The molecule has 0 unspecified atom stereocenters. The molecular formula is C18H15N3O5. The molecule has 1 amide bonds. The summed E-state index contributed by atoms with van der Waals surface area (Å²) in [6.07, 6.45) is 0. The number of carbonyl (C=O) groups is 3. The summed E-state index contributed by atoms with van der Waals surface area (Å²) in [5, 5.41) is 14.9. The minimum absolute atomic E-state index is 0.0887. The highest BCUT2D eigenvalue weighted by atomic mass is 16.3. The average Bonchev–Trinajstić information content (AvgIpc) is 2.65. The fourth-order valence-corrected chi connectivity index (χ4v) is 2.87. The van der Waals surface area contributed by atoms with Crippen molar-refractivity contribution in [2.24, 2.45) is 5.29 Å². The van der Waals surface area contributed by atoms with Crippen LogP contribution in [0.4, 0.5) is 5.69 Å². The zero-order valence-electron chi connectivity index (χ0n) is 13.6. The number of aliphatic hydroxyl groups excluding tert-OH is 1. The molecule has 0 atom stereocenters. The van der Waals surface area contributed by atoms with E-state index in [-0.39, 0.29) is 53.6 Å². The molecule has 0 heterocycles. The van der Waals surface area contributed by atoms with Crippen LogP contribution in [0, 0.1) is 4.91 Å². The number of aliphatic hydroxyl groups is 1. The fraction of sp³-hybridized carbons (Fsp3) is 0.167. The van der Waals surface area contributed by atoms with E-state index in [9.17, 15) is 19.3 Å². The van der Waals surface area contributed by atoms with Crippen molar-refractivity contribution in [3.63, 3.8) is 0 Å². The van der Waals surface area contributed by atoms with Crippen molar-refractivity contribution in [1.82, 2.24) is 5.01 Å². The summed E-state index contributed by atoms with van der Waals surface area (Å²) in [5.74, 6) is -1.24. The second kappa shape index (κ2) is 7.24. The summed E-state index contributed by atoms with van der Waals surface area (Å²) in [5.41, 5.74) is 1.13. The van der Waals surface area contributed by atoms with Crippen LogP contribution in [-0.2, 0) is 4.79 Å². The smallest absolute Gasteiger partial charge is 0.245 e. The van der Waals surface area contributed by atoms with E-state index in [1.54, 1.807) is 30.3 Å². The Morgan fingerprint density at radius 1 is 1.00 bits per heavy atom. The Morgan fingerprint density at radius 3 is 2.31 bits per heavy atom. The van der Waals surface area contributed by atoms with Gasteiger partial charge in [-0.15, -0.1) is 4.91 Å². The van der Waals surface area contributed by atoms with Crippen LogP contribution in [0.5, 0.6) is 0 Å². The average molecular weight is 353 g/mol. The van der Waals surface area contributed by atoms with Crippen molar-refractivity contribution in [2.75, 3.05) is 25.0 Å². The van der Waals surface area contributed by atoms with Crippen molar-refractivity contribution in [3.8, 4) is 0 Å². The Kier molecular flexibility index (Phi) is 4.85. The highest BCUT2D eigenvalue weighted by molar-refractivity contribution is 6.30. The minimum Gasteiger partial charge on any atom is -0.394 e. The van der Waals surface area contributed by atoms with Gasteiger partial charge in [0.15, 0.2) is 11.6 Å². The Morgan fingerprint density at radius 2 is 1.65 bits per heavy atom. The standard InChI is InChI=1S/C18H15N3O5/c22-9-8-21(20-26)10-15(23)19-14-7-3-6-13-16(14)18(25)12-5-2-1-4-11(12)17(13)24/h1-7,22H,8-10H2,(H,19,23). The summed E-state index contributed by atoms with van der Waals surface area (Å²) in [4.78, 5) is 48.2. The summed E-state index contributed by atoms with van der Waals surface area (Å²) in [7, 11) is 0. The molecular weight excluding hydrogens is 338 g/mol. The molecule has 2 N–H and O–H groups in total. The highest BCUT2D eigenvalue weighted by Gasteiger charge is 2.31. The predicted molar refractivity (Wildman–Crippen MR) is 92.8 cm³/mol. The molecule has 0 saturated carbocycles. The van der Waals surface area contributed by atoms with E-state index in [0.29, 0.717) is 5.56 Å². The number of nitrogens with zero attached hydrogens (tertiary/aromatic N) is 2. The molecule has 26 heavy (non-hydrogen) atoms. The molecule has 0 bridgehead atoms. The van der Waals surface area contributed by atoms with Crippen molar-refractivity contribution >= 4 is 23.2 Å². The number of hydrogen-bond acceptors (Lipinski definition) is 6. The first kappa shape index (κ1) is 17.4. The molecule has 0 spiro atoms. The van der Waals surface area contributed by atoms with Crippen molar-refractivity contribution in [3.05, 3.63) is 69.6 Å². The molecule has 1 aliphatic rings. The number of fused-ring (bicyclic) bond motifs is 2. The van der Waals surface area contributed by atoms with Gasteiger partial charge in [-0.05, 0) is 6.07 Å². The molecule has 8 heteroatoms. The number of carbonyl (C=O) groups excluding carboxylic acids is 3. The maximum absolute atomic E-state index is 12.8. The summed E-state index contributed by atoms with van der Waals surface area (Å²) in [6.45, 7) is -0.801. The molecule has 0 radical (unpaired) electrons. The molecule has 0 aliphatic heterocycles. The normalized spacial score (nSPS) is 12.2. The van der Waals surface area contributed by atoms with Gasteiger partial charge < -0.3 is 10.4 Å². The molecule has 8 nitrogen and oxygen atoms in total. The van der Waals surface area contributed by atoms with Crippen molar-refractivity contribution in [2.45, 2.75) is 0 Å². The van der Waals surface area contributed by atoms with Crippen LogP contribution >= 0.6 is 0 Å². The molecule has 132 valence electrons. The maximum Gasteiger partial charge on any atom is 0.245 e. The SMILES string of the molecule is O=NN(CCO)CC(=O)Nc1cccc2c1C(=O)c1ccccc1C2=O. The molecule has 3 rings (SSSR count). The van der Waals surface area contributed by atoms with Crippen LogP contribution < -0.4 is 5.32 Å². The molecule has 0 aromatic heterocycles. The lowest BCUT2D eigenvalue weighted by Gasteiger charge is -2.21. The number of nitrogens with one attached hydrogen (secondary N) is 1. The predicted octanol–water partition coefficient (Wildman–Crippen LogP) is 1.38. The van der Waals surface area contributed by atoms with Crippen LogP contribution in [0.2, 0.25) is 0 Å². The maximum atomic E-state index is 12.8. The quantitative estimate of drug-likeness (QED) is 0.511. The minimum atomic E-state index is -0.592. The van der Waals surface area contributed by atoms with E-state index in [1.807, 2.05) is 0 Å². The van der Waals surface area contributed by atoms with Gasteiger partial charge >= 0.3 is 0 Å². The summed E-state index contributed by atoms with van der Waals surface area (Å²) < 4.78 is 0. The van der Waals surface area contributed by atoms with Gasteiger partial charge in [-0.3, -0.25) is 14.4 Å². The second-order valence-electron chi connectivity index (χ2n) is 5.67. The van der Waals surface area contributed by atoms with Crippen LogP contribution in [0.1, 0.15) is 31.8 Å². The van der Waals surface area contributed by atoms with Gasteiger partial charge in [0.25, 0.3) is 0 Å². The van der Waals surface area contributed by atoms with Crippen LogP contribution in [0.25, 0.3) is 0 Å². The Bertz CT molecular complexity index is 909. The number of anilines is 1. The number of rotatable bonds is 6. The number of amides is 1. The Labute approximate surface area is 148 Å². The number of hydrogen-bond donors (Lipinski definition) is 2. The Balaban J connectivity index is 1.92. The Hall–Kier alpha value is -3.39. The van der Waals surface area contributed by atoms with E-state index < -0.39 is 5.91 Å². The third-order valence-corrected chi connectivity index (χ3v) is 4.03. The van der Waals surface area contributed by atoms with Gasteiger partial charge in [0, 0.05) is 16.7 Å². The lowest BCUT2D eigenvalue weighted by molar-refractivity contribution is -0.117. The molecule has 0 fully saturated rings. The van der Waals surface area contributed by atoms with E-state index in [1.165, 1.54) is 12.1 Å². The van der Waals surface area contributed by atoms with Crippen molar-refractivity contribution < 1.29 is 19.5 Å². The van der Waals surface area contributed by atoms with Crippen LogP contribution in [0.15, 0.2) is 47.8 Å². The van der Waals surface area contributed by atoms with Gasteiger partial charge in [-0.1, -0.05) is 36.4 Å². The van der Waals surface area contributed by atoms with Crippen molar-refractivity contribution in [1.29, 1.82) is 0 Å². The van der Waals surface area contributed by atoms with Gasteiger partial charge in [0.1, 0.15) is 6.54 Å². The highest BCUT2D eigenvalue weighted by Crippen LogP contribution is 2.31. The summed E-state index contributed by atoms with van der Waals surface area (Å²) >= 11 is 0. The fourth-order valence-electron chi connectivity index (χ4n) is 2.87. The largest absolute Gasteiger partial charge is 0.394 e. The van der Waals surface area contributed by atoms with E-state index >= 15 is 0 Å². The van der Waals surface area contributed by atoms with Gasteiger partial charge in [-0.2, -0.15) is 0 Å². The van der Waals surface area contributed by atoms with E-state index in [2.05, 4.69) is 10.6 Å². The first-order valence-corrected chi connectivity index (χ1v) is 7.87. The van der Waals surface area contributed by atoms with Crippen LogP contribution in [-0.4, -0.2) is 47.3 Å². The lowest BCUT2D eigenvalue weighted by atomic mass is 9.83. The first-order valence-electron chi connectivity index (χ1n) is 7.87. The number of benzene rings is 2. The number of nitroso groups, excluding NO2 is 1. The van der Waals surface area contributed by atoms with E-state index in [0.717, 1.165) is 5.01 Å². The van der Waals surface area contributed by atoms with Gasteiger partial charge in [-0.25, -0.2) is 5.01 Å². The zero-order valence-corrected chi connectivity index (χ0v) is 13.6. The van der Waals surface area contributed by atoms with Gasteiger partial charge in [0.05, 0.1) is 29.7 Å². The van der Waals surface area contributed by atoms with E-state index in [4.69, 9.17) is 5.11 Å². The first-order chi connectivity index (χ1) is 12.6. The molecule has 2 aromatic carbocycles. The number of ketones is 2. The monoisotopic (exact) mass is 353 g/mol. The lowest BCUT2D eigenvalue weighted by Crippen LogP contribution is -2.32. The topological polar surface area (TPSA) is 116 Å².